The molecule has 7 heteroatoms. The molecule has 2 N–H and O–H groups in total. The summed E-state index contributed by atoms with van der Waals surface area (Å²) in [5.41, 5.74) is 0.739. The van der Waals surface area contributed by atoms with Gasteiger partial charge in [-0.1, -0.05) is 43.7 Å². The van der Waals surface area contributed by atoms with Crippen LogP contribution in [0.3, 0.4) is 0 Å². The zero-order chi connectivity index (χ0) is 23.6. The van der Waals surface area contributed by atoms with Gasteiger partial charge in [0.15, 0.2) is 0 Å². The number of hydrogen-bond acceptors (Lipinski definition) is 6. The third-order valence-electron chi connectivity index (χ3n) is 4.36. The summed E-state index contributed by atoms with van der Waals surface area (Å²) in [6.07, 6.45) is 1.25. The van der Waals surface area contributed by atoms with Gasteiger partial charge in [0.25, 0.3) is 0 Å². The Kier molecular flexibility index (Phi) is 9.38. The Labute approximate surface area is 189 Å². The minimum Gasteiger partial charge on any atom is -0.508 e. The fourth-order valence-electron chi connectivity index (χ4n) is 2.89. The average molecular weight is 444 g/mol. The lowest BCUT2D eigenvalue weighted by Gasteiger charge is -2.23. The van der Waals surface area contributed by atoms with E-state index in [1.54, 1.807) is 26.8 Å². The number of hydrogen-bond donors (Lipinski definition) is 2. The maximum atomic E-state index is 12.8. The molecule has 0 saturated heterocycles. The van der Waals surface area contributed by atoms with Crippen LogP contribution in [0.2, 0.25) is 0 Å². The van der Waals surface area contributed by atoms with Gasteiger partial charge in [-0.15, -0.1) is 0 Å². The van der Waals surface area contributed by atoms with Crippen molar-refractivity contribution < 1.29 is 28.9 Å². The molecule has 0 aliphatic carbocycles. The van der Waals surface area contributed by atoms with E-state index in [1.165, 1.54) is 12.1 Å². The number of carbonyl (C=O) groups excluding carboxylic acids is 2. The predicted octanol–water partition coefficient (Wildman–Crippen LogP) is 4.75. The lowest BCUT2D eigenvalue weighted by atomic mass is 10.1. The second kappa shape index (κ2) is 12.0. The monoisotopic (exact) mass is 443 g/mol. The van der Waals surface area contributed by atoms with Crippen LogP contribution in [0.25, 0.3) is 0 Å². The Morgan fingerprint density at radius 3 is 2.44 bits per heavy atom. The van der Waals surface area contributed by atoms with Crippen molar-refractivity contribution in [3.63, 3.8) is 0 Å². The quantitative estimate of drug-likeness (QED) is 0.407. The topological polar surface area (TPSA) is 94.1 Å². The van der Waals surface area contributed by atoms with Crippen LogP contribution in [0.4, 0.5) is 4.79 Å². The highest BCUT2D eigenvalue weighted by molar-refractivity contribution is 5.81. The molecule has 0 fully saturated rings. The number of benzene rings is 2. The predicted molar refractivity (Wildman–Crippen MR) is 122 cm³/mol. The van der Waals surface area contributed by atoms with Crippen LogP contribution in [0, 0.1) is 0 Å². The number of rotatable bonds is 10. The normalized spacial score (nSPS) is 12.0. The van der Waals surface area contributed by atoms with Gasteiger partial charge in [0.2, 0.25) is 0 Å². The lowest BCUT2D eigenvalue weighted by Crippen LogP contribution is -2.45. The molecule has 2 rings (SSSR count). The van der Waals surface area contributed by atoms with E-state index >= 15 is 0 Å². The summed E-state index contributed by atoms with van der Waals surface area (Å²) < 4.78 is 16.4. The molecule has 2 aromatic carbocycles. The second-order valence-electron chi connectivity index (χ2n) is 8.53. The third kappa shape index (κ3) is 9.29. The molecule has 7 nitrogen and oxygen atoms in total. The first-order valence-corrected chi connectivity index (χ1v) is 10.8. The van der Waals surface area contributed by atoms with Crippen LogP contribution < -0.4 is 10.1 Å². The minimum absolute atomic E-state index is 0.0164. The number of esters is 1. The summed E-state index contributed by atoms with van der Waals surface area (Å²) in [4.78, 5) is 25.1. The molecule has 0 bridgehead atoms. The van der Waals surface area contributed by atoms with Gasteiger partial charge >= 0.3 is 12.1 Å². The molecule has 1 atom stereocenters. The number of ether oxygens (including phenoxy) is 3. The highest BCUT2D eigenvalue weighted by atomic mass is 16.6. The van der Waals surface area contributed by atoms with Crippen molar-refractivity contribution in [3.05, 3.63) is 59.7 Å². The number of amides is 1. The number of phenols is 1. The molecule has 0 heterocycles. The van der Waals surface area contributed by atoms with Gasteiger partial charge in [-0.3, -0.25) is 0 Å². The van der Waals surface area contributed by atoms with Crippen LogP contribution in [-0.4, -0.2) is 35.4 Å². The van der Waals surface area contributed by atoms with Crippen LogP contribution in [0.1, 0.15) is 51.7 Å². The largest absolute Gasteiger partial charge is 0.508 e. The van der Waals surface area contributed by atoms with E-state index in [0.29, 0.717) is 17.9 Å². The molecule has 174 valence electrons. The van der Waals surface area contributed by atoms with Gasteiger partial charge < -0.3 is 24.6 Å². The van der Waals surface area contributed by atoms with Crippen molar-refractivity contribution in [1.82, 2.24) is 5.32 Å². The van der Waals surface area contributed by atoms with Crippen molar-refractivity contribution in [2.24, 2.45) is 0 Å². The van der Waals surface area contributed by atoms with Crippen molar-refractivity contribution in [1.29, 1.82) is 0 Å². The number of carbonyl (C=O) groups is 2. The maximum absolute atomic E-state index is 12.8. The SMILES string of the molecule is CCCCOc1cc(O)cc(C[C@H](NC(=O)OC(C)(C)C)C(=O)OCc2ccccc2)c1. The van der Waals surface area contributed by atoms with Gasteiger partial charge in [0.05, 0.1) is 6.61 Å². The Balaban J connectivity index is 2.14. The van der Waals surface area contributed by atoms with Crippen LogP contribution in [0.15, 0.2) is 48.5 Å². The number of nitrogens with one attached hydrogen (secondary N) is 1. The van der Waals surface area contributed by atoms with Gasteiger partial charge in [-0.05, 0) is 50.5 Å². The zero-order valence-electron chi connectivity index (χ0n) is 19.2. The van der Waals surface area contributed by atoms with Gasteiger partial charge in [-0.2, -0.15) is 0 Å². The van der Waals surface area contributed by atoms with E-state index in [2.05, 4.69) is 12.2 Å². The first-order chi connectivity index (χ1) is 15.2. The zero-order valence-corrected chi connectivity index (χ0v) is 19.2. The summed E-state index contributed by atoms with van der Waals surface area (Å²) >= 11 is 0. The van der Waals surface area contributed by atoms with Crippen LogP contribution in [-0.2, 0) is 27.3 Å². The molecule has 0 aliphatic rings. The number of phenolic OH excluding ortho intramolecular Hbond substituents is 1. The molecular weight excluding hydrogens is 410 g/mol. The fraction of sp³-hybridized carbons (Fsp3) is 0.440. The standard InChI is InChI=1S/C25H33NO6/c1-5-6-12-30-21-14-19(13-20(27)16-21)15-22(26-24(29)32-25(2,3)4)23(28)31-17-18-10-8-7-9-11-18/h7-11,13-14,16,22,27H,5-6,12,15,17H2,1-4H3,(H,26,29)/t22-/m0/s1. The molecule has 0 saturated carbocycles. The molecule has 0 spiro atoms. The van der Waals surface area contributed by atoms with Crippen molar-refractivity contribution in [2.45, 2.75) is 65.2 Å². The smallest absolute Gasteiger partial charge is 0.408 e. The summed E-state index contributed by atoms with van der Waals surface area (Å²) in [6.45, 7) is 7.89. The molecule has 0 radical (unpaired) electrons. The molecule has 0 aliphatic heterocycles. The molecule has 32 heavy (non-hydrogen) atoms. The van der Waals surface area contributed by atoms with Gasteiger partial charge in [-0.25, -0.2) is 9.59 Å². The van der Waals surface area contributed by atoms with E-state index in [4.69, 9.17) is 14.2 Å². The van der Waals surface area contributed by atoms with Crippen LogP contribution >= 0.6 is 0 Å². The highest BCUT2D eigenvalue weighted by Gasteiger charge is 2.26. The number of alkyl carbamates (subject to hydrolysis) is 1. The van der Waals surface area contributed by atoms with Gasteiger partial charge in [0, 0.05) is 12.5 Å². The Morgan fingerprint density at radius 2 is 1.78 bits per heavy atom. The van der Waals surface area contributed by atoms with E-state index in [9.17, 15) is 14.7 Å². The summed E-state index contributed by atoms with van der Waals surface area (Å²) in [7, 11) is 0. The molecule has 2 aromatic rings. The molecular formula is C25H33NO6. The van der Waals surface area contributed by atoms with Crippen molar-refractivity contribution in [2.75, 3.05) is 6.61 Å². The van der Waals surface area contributed by atoms with Gasteiger partial charge in [0.1, 0.15) is 29.7 Å². The van der Waals surface area contributed by atoms with E-state index < -0.39 is 23.7 Å². The second-order valence-corrected chi connectivity index (χ2v) is 8.53. The van der Waals surface area contributed by atoms with Crippen molar-refractivity contribution >= 4 is 12.1 Å². The van der Waals surface area contributed by atoms with Crippen molar-refractivity contribution in [3.8, 4) is 11.5 Å². The highest BCUT2D eigenvalue weighted by Crippen LogP contribution is 2.23. The Bertz CT molecular complexity index is 876. The first-order valence-electron chi connectivity index (χ1n) is 10.8. The lowest BCUT2D eigenvalue weighted by molar-refractivity contribution is -0.147. The van der Waals surface area contributed by atoms with E-state index in [-0.39, 0.29) is 18.8 Å². The fourth-order valence-corrected chi connectivity index (χ4v) is 2.89. The minimum atomic E-state index is -1.00. The number of unbranched alkanes of at least 4 members (excludes halogenated alkanes) is 1. The van der Waals surface area contributed by atoms with E-state index in [1.807, 2.05) is 30.3 Å². The summed E-state index contributed by atoms with van der Waals surface area (Å²) in [6, 6.07) is 13.1. The van der Waals surface area contributed by atoms with Crippen LogP contribution in [0.5, 0.6) is 11.5 Å². The molecule has 0 aromatic heterocycles. The maximum Gasteiger partial charge on any atom is 0.408 e. The van der Waals surface area contributed by atoms with E-state index in [0.717, 1.165) is 18.4 Å². The Morgan fingerprint density at radius 1 is 1.06 bits per heavy atom. The molecule has 0 unspecified atom stereocenters. The molecule has 1 amide bonds. The average Bonchev–Trinajstić information content (AvgIpc) is 2.71. The summed E-state index contributed by atoms with van der Waals surface area (Å²) in [5.74, 6) is -0.0821. The summed E-state index contributed by atoms with van der Waals surface area (Å²) in [5, 5.41) is 12.7. The Hall–Kier alpha value is -3.22. The number of aromatic hydroxyl groups is 1. The first kappa shape index (κ1) is 25.0. The third-order valence-corrected chi connectivity index (χ3v) is 4.36.